The molecule has 0 saturated heterocycles. The number of carbonyl (C=O) groups is 1. The van der Waals surface area contributed by atoms with Gasteiger partial charge in [-0.05, 0) is 60.9 Å². The van der Waals surface area contributed by atoms with Crippen molar-refractivity contribution < 1.29 is 22.7 Å². The molecule has 0 spiro atoms. The number of benzene rings is 2. The zero-order valence-corrected chi connectivity index (χ0v) is 20.7. The Morgan fingerprint density at radius 3 is 2.46 bits per heavy atom. The number of thiazole rings is 1. The Labute approximate surface area is 210 Å². The average molecular weight is 527 g/mol. The van der Waals surface area contributed by atoms with Gasteiger partial charge in [0.1, 0.15) is 5.75 Å². The van der Waals surface area contributed by atoms with Gasteiger partial charge in [-0.3, -0.25) is 9.79 Å². The van der Waals surface area contributed by atoms with E-state index in [1.54, 1.807) is 29.2 Å². The molecule has 2 aromatic carbocycles. The average Bonchev–Trinajstić information content (AvgIpc) is 3.23. The highest BCUT2D eigenvalue weighted by Crippen LogP contribution is 2.27. The number of rotatable bonds is 10. The fraction of sp³-hybridized carbons (Fsp3) is 0.333. The molecule has 0 atom stereocenters. The molecule has 1 heterocycles. The Hall–Kier alpha value is -2.82. The largest absolute Gasteiger partial charge is 0.573 e. The van der Waals surface area contributed by atoms with Crippen molar-refractivity contribution in [2.45, 2.75) is 32.8 Å². The molecule has 0 saturated carbocycles. The Kier molecular flexibility index (Phi) is 9.36. The summed E-state index contributed by atoms with van der Waals surface area (Å²) in [4.78, 5) is 19.2. The lowest BCUT2D eigenvalue weighted by Crippen LogP contribution is -2.37. The van der Waals surface area contributed by atoms with Crippen molar-refractivity contribution in [2.24, 2.45) is 10.7 Å². The molecule has 188 valence electrons. The van der Waals surface area contributed by atoms with Crippen LogP contribution >= 0.6 is 22.9 Å². The maximum Gasteiger partial charge on any atom is 0.573 e. The molecule has 0 radical (unpaired) electrons. The first kappa shape index (κ1) is 26.8. The Balaban J connectivity index is 1.87. The number of amides is 1. The van der Waals surface area contributed by atoms with E-state index in [0.29, 0.717) is 37.6 Å². The van der Waals surface area contributed by atoms with Crippen molar-refractivity contribution in [1.82, 2.24) is 9.47 Å². The minimum atomic E-state index is -4.75. The van der Waals surface area contributed by atoms with E-state index in [9.17, 15) is 18.0 Å². The van der Waals surface area contributed by atoms with Crippen LogP contribution < -0.4 is 15.3 Å². The molecule has 2 N–H and O–H groups in total. The molecule has 35 heavy (non-hydrogen) atoms. The van der Waals surface area contributed by atoms with E-state index in [2.05, 4.69) is 4.74 Å². The molecule has 0 unspecified atom stereocenters. The summed E-state index contributed by atoms with van der Waals surface area (Å²) in [7, 11) is 0. The monoisotopic (exact) mass is 526 g/mol. The van der Waals surface area contributed by atoms with Gasteiger partial charge < -0.3 is 19.9 Å². The highest BCUT2D eigenvalue weighted by atomic mass is 35.5. The number of carbonyl (C=O) groups excluding carboxylic acids is 1. The zero-order chi connectivity index (χ0) is 25.4. The number of nitrogens with zero attached hydrogens (tertiary/aromatic N) is 3. The van der Waals surface area contributed by atoms with E-state index in [1.807, 2.05) is 29.0 Å². The molecule has 1 aromatic heterocycles. The third-order valence-corrected chi connectivity index (χ3v) is 6.36. The van der Waals surface area contributed by atoms with Gasteiger partial charge in [-0.15, -0.1) is 24.5 Å². The number of nitrogens with two attached hydrogens (primary N) is 1. The number of likely N-dealkylation sites (N-methyl/N-ethyl adjacent to an activating group) is 1. The van der Waals surface area contributed by atoms with Crippen molar-refractivity contribution in [3.05, 3.63) is 69.3 Å². The molecule has 0 aliphatic rings. The topological polar surface area (TPSA) is 72.8 Å². The number of alkyl halides is 3. The molecular weight excluding hydrogens is 501 g/mol. The van der Waals surface area contributed by atoms with Crippen molar-refractivity contribution in [3.63, 3.8) is 0 Å². The SMILES string of the molecule is CCN(CCCn1c(-c2ccc(OC(F)(F)F)cc2)csc1=NCc1ccc(Cl)cc1)C(=O)CN. The summed E-state index contributed by atoms with van der Waals surface area (Å²) < 4.78 is 43.5. The first-order valence-corrected chi connectivity index (χ1v) is 12.2. The van der Waals surface area contributed by atoms with Gasteiger partial charge in [0.15, 0.2) is 4.80 Å². The van der Waals surface area contributed by atoms with Crippen LogP contribution in [0.25, 0.3) is 11.3 Å². The summed E-state index contributed by atoms with van der Waals surface area (Å²) in [5, 5.41) is 2.57. The molecule has 1 amide bonds. The van der Waals surface area contributed by atoms with E-state index >= 15 is 0 Å². The summed E-state index contributed by atoms with van der Waals surface area (Å²) >= 11 is 7.40. The highest BCUT2D eigenvalue weighted by molar-refractivity contribution is 7.07. The molecule has 3 aromatic rings. The van der Waals surface area contributed by atoms with Crippen LogP contribution in [-0.2, 0) is 17.9 Å². The second kappa shape index (κ2) is 12.2. The predicted molar refractivity (Wildman–Crippen MR) is 131 cm³/mol. The summed E-state index contributed by atoms with van der Waals surface area (Å²) in [6.45, 7) is 3.96. The van der Waals surface area contributed by atoms with E-state index < -0.39 is 6.36 Å². The molecule has 6 nitrogen and oxygen atoms in total. The van der Waals surface area contributed by atoms with Gasteiger partial charge >= 0.3 is 6.36 Å². The van der Waals surface area contributed by atoms with Crippen LogP contribution in [0.4, 0.5) is 13.2 Å². The number of ether oxygens (including phenoxy) is 1. The summed E-state index contributed by atoms with van der Waals surface area (Å²) in [6, 6.07) is 13.2. The molecule has 3 rings (SSSR count). The summed E-state index contributed by atoms with van der Waals surface area (Å²) in [5.41, 5.74) is 8.04. The van der Waals surface area contributed by atoms with Crippen LogP contribution in [-0.4, -0.2) is 41.4 Å². The van der Waals surface area contributed by atoms with Gasteiger partial charge in [-0.2, -0.15) is 0 Å². The third kappa shape index (κ3) is 7.84. The highest BCUT2D eigenvalue weighted by Gasteiger charge is 2.31. The van der Waals surface area contributed by atoms with Crippen LogP contribution in [0, 0.1) is 0 Å². The third-order valence-electron chi connectivity index (χ3n) is 5.21. The van der Waals surface area contributed by atoms with Gasteiger partial charge in [-0.25, -0.2) is 0 Å². The fourth-order valence-electron chi connectivity index (χ4n) is 3.49. The zero-order valence-electron chi connectivity index (χ0n) is 19.1. The molecular formula is C24H26ClF3N4O2S. The van der Waals surface area contributed by atoms with Crippen molar-refractivity contribution in [3.8, 4) is 17.0 Å². The second-order valence-electron chi connectivity index (χ2n) is 7.60. The first-order valence-electron chi connectivity index (χ1n) is 11.0. The van der Waals surface area contributed by atoms with Crippen molar-refractivity contribution >= 4 is 28.8 Å². The quantitative estimate of drug-likeness (QED) is 0.401. The number of hydrogen-bond donors (Lipinski definition) is 1. The fourth-order valence-corrected chi connectivity index (χ4v) is 4.55. The maximum absolute atomic E-state index is 12.5. The Bertz CT molecular complexity index is 1180. The van der Waals surface area contributed by atoms with E-state index in [4.69, 9.17) is 22.3 Å². The van der Waals surface area contributed by atoms with Gasteiger partial charge in [0.05, 0.1) is 18.8 Å². The minimum absolute atomic E-state index is 0.0430. The van der Waals surface area contributed by atoms with E-state index in [1.165, 1.54) is 23.5 Å². The minimum Gasteiger partial charge on any atom is -0.406 e. The lowest BCUT2D eigenvalue weighted by Gasteiger charge is -2.20. The Morgan fingerprint density at radius 2 is 1.86 bits per heavy atom. The van der Waals surface area contributed by atoms with Crippen molar-refractivity contribution in [1.29, 1.82) is 0 Å². The summed E-state index contributed by atoms with van der Waals surface area (Å²) in [5.74, 6) is -0.398. The Morgan fingerprint density at radius 1 is 1.17 bits per heavy atom. The number of halogens is 4. The van der Waals surface area contributed by atoms with Gasteiger partial charge in [0.25, 0.3) is 0 Å². The van der Waals surface area contributed by atoms with Gasteiger partial charge in [0, 0.05) is 30.0 Å². The molecule has 0 bridgehead atoms. The maximum atomic E-state index is 12.5. The van der Waals surface area contributed by atoms with Gasteiger partial charge in [-0.1, -0.05) is 23.7 Å². The van der Waals surface area contributed by atoms with Crippen molar-refractivity contribution in [2.75, 3.05) is 19.6 Å². The lowest BCUT2D eigenvalue weighted by molar-refractivity contribution is -0.274. The summed E-state index contributed by atoms with van der Waals surface area (Å²) in [6.07, 6.45) is -4.09. The number of aromatic nitrogens is 1. The van der Waals surface area contributed by atoms with Crippen LogP contribution in [0.3, 0.4) is 0 Å². The first-order chi connectivity index (χ1) is 16.7. The standard InChI is InChI=1S/C24H26ClF3N4O2S/c1-2-31(22(33)14-29)12-3-13-32-21(18-6-10-20(11-7-18)34-24(26,27)28)16-35-23(32)30-15-17-4-8-19(25)9-5-17/h4-11,16H,2-3,12-15,29H2,1H3. The predicted octanol–water partition coefficient (Wildman–Crippen LogP) is 5.07. The van der Waals surface area contributed by atoms with Crippen LogP contribution in [0.15, 0.2) is 58.9 Å². The van der Waals surface area contributed by atoms with Crippen LogP contribution in [0.2, 0.25) is 5.02 Å². The normalized spacial score (nSPS) is 12.1. The molecule has 0 aliphatic heterocycles. The van der Waals surface area contributed by atoms with E-state index in [0.717, 1.165) is 21.6 Å². The van der Waals surface area contributed by atoms with Crippen LogP contribution in [0.5, 0.6) is 5.75 Å². The number of hydrogen-bond acceptors (Lipinski definition) is 5. The van der Waals surface area contributed by atoms with E-state index in [-0.39, 0.29) is 18.2 Å². The lowest BCUT2D eigenvalue weighted by atomic mass is 10.1. The van der Waals surface area contributed by atoms with Crippen LogP contribution in [0.1, 0.15) is 18.9 Å². The van der Waals surface area contributed by atoms with Gasteiger partial charge in [0.2, 0.25) is 5.91 Å². The smallest absolute Gasteiger partial charge is 0.406 e. The molecule has 0 aliphatic carbocycles. The molecule has 0 fully saturated rings. The second-order valence-corrected chi connectivity index (χ2v) is 8.87. The molecule has 11 heteroatoms.